The van der Waals surface area contributed by atoms with E-state index in [1.165, 1.54) is 19.2 Å². The number of ether oxygens (including phenoxy) is 2. The van der Waals surface area contributed by atoms with Gasteiger partial charge in [0.05, 0.1) is 12.7 Å². The van der Waals surface area contributed by atoms with E-state index in [4.69, 9.17) is 13.9 Å². The second kappa shape index (κ2) is 9.83. The van der Waals surface area contributed by atoms with Crippen molar-refractivity contribution >= 4 is 22.7 Å². The van der Waals surface area contributed by atoms with E-state index in [0.717, 1.165) is 0 Å². The van der Waals surface area contributed by atoms with Crippen LogP contribution in [0.15, 0.2) is 57.7 Å². The van der Waals surface area contributed by atoms with Gasteiger partial charge in [-0.3, -0.25) is 9.59 Å². The minimum Gasteiger partial charge on any atom is -0.494 e. The first-order valence-electron chi connectivity index (χ1n) is 12.4. The van der Waals surface area contributed by atoms with Crippen molar-refractivity contribution in [3.63, 3.8) is 0 Å². The average Bonchev–Trinajstić information content (AvgIpc) is 3.56. The number of fused-ring (bicyclic) bond motifs is 2. The third-order valence-electron chi connectivity index (χ3n) is 6.72. The molecule has 2 N–H and O–H groups in total. The highest BCUT2D eigenvalue weighted by Crippen LogP contribution is 2.39. The normalized spacial score (nSPS) is 14.6. The second-order valence-electron chi connectivity index (χ2n) is 9.21. The predicted octanol–water partition coefficient (Wildman–Crippen LogP) is 4.43. The lowest BCUT2D eigenvalue weighted by Crippen LogP contribution is -2.40. The minimum absolute atomic E-state index is 0.163. The monoisotopic (exact) mass is 553 g/mol. The molecule has 0 saturated carbocycles. The van der Waals surface area contributed by atoms with Gasteiger partial charge in [-0.2, -0.15) is 22.8 Å². The summed E-state index contributed by atoms with van der Waals surface area (Å²) in [7, 11) is 1.43. The maximum Gasteiger partial charge on any atom is 0.435 e. The van der Waals surface area contributed by atoms with E-state index in [0.29, 0.717) is 36.3 Å². The van der Waals surface area contributed by atoms with Crippen molar-refractivity contribution in [3.05, 3.63) is 70.3 Å². The molecule has 2 aromatic carbocycles. The molecule has 206 valence electrons. The molecule has 3 aromatic heterocycles. The summed E-state index contributed by atoms with van der Waals surface area (Å²) in [5, 5.41) is 6.51. The lowest BCUT2D eigenvalue weighted by molar-refractivity contribution is -0.140. The van der Waals surface area contributed by atoms with Crippen molar-refractivity contribution in [2.24, 2.45) is 0 Å². The van der Waals surface area contributed by atoms with Gasteiger partial charge in [0.1, 0.15) is 22.7 Å². The fourth-order valence-electron chi connectivity index (χ4n) is 4.81. The standard InChI is InChI=1S/C27H22F3N5O5/c1-38-16-8-5-9-17-20(16)33-25(40-17)19-21(24(36)31-15-10-12-39-13-11-15)32-23-18(14-6-3-2-4-7-14)22(27(28,29)30)34-35(23)26(19)37/h2-9,15,32H,10-13H2,1H3,(H,31,36). The number of hydrogen-bond acceptors (Lipinski definition) is 7. The number of alkyl halides is 3. The molecule has 0 spiro atoms. The topological polar surface area (TPSA) is 124 Å². The van der Waals surface area contributed by atoms with Gasteiger partial charge < -0.3 is 24.2 Å². The number of halogens is 3. The highest BCUT2D eigenvalue weighted by atomic mass is 19.4. The number of para-hydroxylation sites is 1. The molecule has 1 aliphatic rings. The molecular weight excluding hydrogens is 531 g/mol. The van der Waals surface area contributed by atoms with E-state index in [1.54, 1.807) is 36.4 Å². The Morgan fingerprint density at radius 3 is 2.55 bits per heavy atom. The number of aromatic nitrogens is 4. The Hall–Kier alpha value is -4.65. The van der Waals surface area contributed by atoms with E-state index in [-0.39, 0.29) is 51.1 Å². The van der Waals surface area contributed by atoms with Crippen LogP contribution in [0.4, 0.5) is 13.2 Å². The summed E-state index contributed by atoms with van der Waals surface area (Å²) in [5.41, 5.74) is -2.93. The van der Waals surface area contributed by atoms with E-state index in [9.17, 15) is 22.8 Å². The maximum absolute atomic E-state index is 14.2. The molecule has 0 aliphatic carbocycles. The Balaban J connectivity index is 1.64. The molecule has 4 heterocycles. The van der Waals surface area contributed by atoms with Gasteiger partial charge >= 0.3 is 6.18 Å². The predicted molar refractivity (Wildman–Crippen MR) is 137 cm³/mol. The number of carbonyl (C=O) groups is 1. The molecule has 0 unspecified atom stereocenters. The van der Waals surface area contributed by atoms with Crippen LogP contribution in [0.3, 0.4) is 0 Å². The molecular formula is C27H22F3N5O5. The van der Waals surface area contributed by atoms with Gasteiger partial charge in [-0.1, -0.05) is 36.4 Å². The summed E-state index contributed by atoms with van der Waals surface area (Å²) in [4.78, 5) is 34.7. The van der Waals surface area contributed by atoms with Crippen LogP contribution >= 0.6 is 0 Å². The second-order valence-corrected chi connectivity index (χ2v) is 9.21. The maximum atomic E-state index is 14.2. The highest BCUT2D eigenvalue weighted by Gasteiger charge is 2.40. The van der Waals surface area contributed by atoms with Crippen molar-refractivity contribution in [1.82, 2.24) is 24.9 Å². The number of carbonyl (C=O) groups excluding carboxylic acids is 1. The van der Waals surface area contributed by atoms with Gasteiger partial charge in [-0.15, -0.1) is 0 Å². The first-order valence-corrected chi connectivity index (χ1v) is 12.4. The first-order chi connectivity index (χ1) is 19.3. The van der Waals surface area contributed by atoms with Crippen molar-refractivity contribution in [3.8, 4) is 28.3 Å². The molecule has 5 aromatic rings. The lowest BCUT2D eigenvalue weighted by atomic mass is 10.1. The van der Waals surface area contributed by atoms with Crippen LogP contribution in [-0.2, 0) is 10.9 Å². The molecule has 0 bridgehead atoms. The van der Waals surface area contributed by atoms with Crippen molar-refractivity contribution < 1.29 is 31.9 Å². The van der Waals surface area contributed by atoms with Crippen molar-refractivity contribution in [2.75, 3.05) is 20.3 Å². The summed E-state index contributed by atoms with van der Waals surface area (Å²) in [6, 6.07) is 12.3. The molecule has 1 saturated heterocycles. The highest BCUT2D eigenvalue weighted by molar-refractivity contribution is 6.00. The zero-order valence-corrected chi connectivity index (χ0v) is 21.0. The third kappa shape index (κ3) is 4.37. The quantitative estimate of drug-likeness (QED) is 0.330. The van der Waals surface area contributed by atoms with Crippen LogP contribution in [0, 0.1) is 0 Å². The first kappa shape index (κ1) is 25.6. The van der Waals surface area contributed by atoms with Crippen LogP contribution in [0.2, 0.25) is 0 Å². The number of H-pyrrole nitrogens is 1. The fraction of sp³-hybridized carbons (Fsp3) is 0.259. The zero-order chi connectivity index (χ0) is 28.0. The molecule has 0 atom stereocenters. The van der Waals surface area contributed by atoms with Gasteiger partial charge in [0.15, 0.2) is 16.8 Å². The number of benzene rings is 2. The van der Waals surface area contributed by atoms with Crippen LogP contribution in [0.5, 0.6) is 5.75 Å². The minimum atomic E-state index is -4.90. The number of nitrogens with one attached hydrogen (secondary N) is 2. The zero-order valence-electron chi connectivity index (χ0n) is 21.0. The Morgan fingerprint density at radius 1 is 1.10 bits per heavy atom. The average molecular weight is 553 g/mol. The number of methoxy groups -OCH3 is 1. The van der Waals surface area contributed by atoms with Gasteiger partial charge in [0.2, 0.25) is 5.89 Å². The fourth-order valence-corrected chi connectivity index (χ4v) is 4.81. The molecule has 0 radical (unpaired) electrons. The van der Waals surface area contributed by atoms with E-state index in [2.05, 4.69) is 20.4 Å². The number of amides is 1. The third-order valence-corrected chi connectivity index (χ3v) is 6.72. The summed E-state index contributed by atoms with van der Waals surface area (Å²) in [6.45, 7) is 0.877. The van der Waals surface area contributed by atoms with Crippen LogP contribution < -0.4 is 15.6 Å². The SMILES string of the molecule is COc1cccc2oc(-c3c(C(=O)NC4CCOCC4)[nH]c4c(-c5ccccc5)c(C(F)(F)F)nn4c3=O)nc12. The van der Waals surface area contributed by atoms with Crippen molar-refractivity contribution in [2.45, 2.75) is 25.1 Å². The Bertz CT molecular complexity index is 1790. The summed E-state index contributed by atoms with van der Waals surface area (Å²) in [5.74, 6) is -0.627. The number of aromatic amines is 1. The Morgan fingerprint density at radius 2 is 1.85 bits per heavy atom. The summed E-state index contributed by atoms with van der Waals surface area (Å²) < 4.78 is 59.7. The van der Waals surface area contributed by atoms with Crippen molar-refractivity contribution in [1.29, 1.82) is 0 Å². The van der Waals surface area contributed by atoms with Crippen LogP contribution in [0.1, 0.15) is 29.0 Å². The van der Waals surface area contributed by atoms with Crippen LogP contribution in [0.25, 0.3) is 39.3 Å². The molecule has 6 rings (SSSR count). The molecule has 40 heavy (non-hydrogen) atoms. The smallest absolute Gasteiger partial charge is 0.435 e. The Kier molecular flexibility index (Phi) is 6.29. The number of rotatable bonds is 5. The van der Waals surface area contributed by atoms with E-state index >= 15 is 0 Å². The molecule has 1 amide bonds. The van der Waals surface area contributed by atoms with Gasteiger partial charge in [0, 0.05) is 19.3 Å². The lowest BCUT2D eigenvalue weighted by Gasteiger charge is -2.23. The van der Waals surface area contributed by atoms with Gasteiger partial charge in [-0.25, -0.2) is 4.98 Å². The van der Waals surface area contributed by atoms with E-state index < -0.39 is 23.3 Å². The molecule has 10 nitrogen and oxygen atoms in total. The molecule has 1 aliphatic heterocycles. The van der Waals surface area contributed by atoms with E-state index in [1.807, 2.05) is 0 Å². The Labute approximate surface area is 223 Å². The number of oxazole rings is 1. The van der Waals surface area contributed by atoms with Gasteiger partial charge in [0.25, 0.3) is 11.5 Å². The number of nitrogens with zero attached hydrogens (tertiary/aromatic N) is 3. The largest absolute Gasteiger partial charge is 0.494 e. The van der Waals surface area contributed by atoms with Gasteiger partial charge in [-0.05, 0) is 30.5 Å². The molecule has 13 heteroatoms. The number of hydrogen-bond donors (Lipinski definition) is 2. The van der Waals surface area contributed by atoms with Crippen LogP contribution in [-0.4, -0.2) is 51.9 Å². The summed E-state index contributed by atoms with van der Waals surface area (Å²) in [6.07, 6.45) is -3.82. The summed E-state index contributed by atoms with van der Waals surface area (Å²) >= 11 is 0. The molecule has 1 fully saturated rings.